The minimum absolute atomic E-state index is 0.246. The molecule has 0 radical (unpaired) electrons. The van der Waals surface area contributed by atoms with Gasteiger partial charge in [0.2, 0.25) is 0 Å². The molecule has 0 fully saturated rings. The van der Waals surface area contributed by atoms with Gasteiger partial charge in [0.05, 0.1) is 5.92 Å². The molecule has 2 aromatic rings. The molecule has 3 nitrogen and oxygen atoms in total. The topological polar surface area (TPSA) is 46.5 Å². The molecule has 128 valence electrons. The Labute approximate surface area is 144 Å². The van der Waals surface area contributed by atoms with Crippen molar-refractivity contribution in [3.63, 3.8) is 0 Å². The molecule has 1 N–H and O–H groups in total. The Bertz CT molecular complexity index is 709. The van der Waals surface area contributed by atoms with Crippen LogP contribution in [-0.2, 0) is 11.2 Å². The van der Waals surface area contributed by atoms with Crippen LogP contribution in [0.2, 0.25) is 0 Å². The second-order valence-corrected chi connectivity index (χ2v) is 7.31. The lowest BCUT2D eigenvalue weighted by atomic mass is 9.88. The Balaban J connectivity index is 2.21. The van der Waals surface area contributed by atoms with E-state index in [1.807, 2.05) is 77.1 Å². The predicted molar refractivity (Wildman–Crippen MR) is 96.8 cm³/mol. The maximum atomic E-state index is 11.8. The van der Waals surface area contributed by atoms with Gasteiger partial charge in [-0.25, -0.2) is 0 Å². The van der Waals surface area contributed by atoms with Gasteiger partial charge in [-0.05, 0) is 69.9 Å². The molecule has 0 aliphatic carbocycles. The first-order valence-corrected chi connectivity index (χ1v) is 8.23. The van der Waals surface area contributed by atoms with Crippen LogP contribution in [0.1, 0.15) is 48.9 Å². The molecule has 1 atom stereocenters. The number of benzene rings is 2. The SMILES string of the molecule is Cc1ccc(C(Cc2ccc(OC(C)(C)C)cc2)C(=O)O)c(C)c1. The van der Waals surface area contributed by atoms with Gasteiger partial charge >= 0.3 is 5.97 Å². The molecule has 2 rings (SSSR count). The average Bonchev–Trinajstić information content (AvgIpc) is 2.45. The largest absolute Gasteiger partial charge is 0.488 e. The van der Waals surface area contributed by atoms with Crippen LogP contribution < -0.4 is 4.74 Å². The van der Waals surface area contributed by atoms with E-state index >= 15 is 0 Å². The molecule has 0 bridgehead atoms. The molecule has 2 aromatic carbocycles. The van der Waals surface area contributed by atoms with Crippen LogP contribution >= 0.6 is 0 Å². The molecule has 0 saturated carbocycles. The Hall–Kier alpha value is -2.29. The van der Waals surface area contributed by atoms with Gasteiger partial charge in [-0.3, -0.25) is 4.79 Å². The van der Waals surface area contributed by atoms with Crippen LogP contribution in [0.3, 0.4) is 0 Å². The zero-order valence-corrected chi connectivity index (χ0v) is 15.1. The summed E-state index contributed by atoms with van der Waals surface area (Å²) >= 11 is 0. The molecule has 1 unspecified atom stereocenters. The average molecular weight is 326 g/mol. The third-order valence-corrected chi connectivity index (χ3v) is 3.89. The molecule has 0 saturated heterocycles. The molecule has 0 spiro atoms. The lowest BCUT2D eigenvalue weighted by Crippen LogP contribution is -2.22. The summed E-state index contributed by atoms with van der Waals surface area (Å²) < 4.78 is 5.81. The Morgan fingerprint density at radius 3 is 2.21 bits per heavy atom. The fourth-order valence-electron chi connectivity index (χ4n) is 2.83. The van der Waals surface area contributed by atoms with Gasteiger partial charge < -0.3 is 9.84 Å². The van der Waals surface area contributed by atoms with E-state index in [9.17, 15) is 9.90 Å². The van der Waals surface area contributed by atoms with Crippen LogP contribution in [0.25, 0.3) is 0 Å². The number of hydrogen-bond acceptors (Lipinski definition) is 2. The maximum Gasteiger partial charge on any atom is 0.311 e. The Kier molecular flexibility index (Phi) is 5.33. The molecule has 3 heteroatoms. The van der Waals surface area contributed by atoms with Crippen molar-refractivity contribution in [2.45, 2.75) is 52.6 Å². The monoisotopic (exact) mass is 326 g/mol. The Morgan fingerprint density at radius 1 is 1.08 bits per heavy atom. The fourth-order valence-corrected chi connectivity index (χ4v) is 2.83. The fraction of sp³-hybridized carbons (Fsp3) is 0.381. The summed E-state index contributed by atoms with van der Waals surface area (Å²) in [5.41, 5.74) is 3.79. The highest BCUT2D eigenvalue weighted by molar-refractivity contribution is 5.77. The summed E-state index contributed by atoms with van der Waals surface area (Å²) in [6, 6.07) is 13.6. The summed E-state index contributed by atoms with van der Waals surface area (Å²) in [4.78, 5) is 11.8. The zero-order chi connectivity index (χ0) is 17.9. The van der Waals surface area contributed by atoms with Gasteiger partial charge in [0.25, 0.3) is 0 Å². The smallest absolute Gasteiger partial charge is 0.311 e. The van der Waals surface area contributed by atoms with E-state index in [4.69, 9.17) is 4.74 Å². The number of rotatable bonds is 5. The van der Waals surface area contributed by atoms with Crippen molar-refractivity contribution in [3.8, 4) is 5.75 Å². The summed E-state index contributed by atoms with van der Waals surface area (Å²) in [7, 11) is 0. The number of carboxylic acids is 1. The molecular weight excluding hydrogens is 300 g/mol. The van der Waals surface area contributed by atoms with Gasteiger partial charge in [-0.1, -0.05) is 35.9 Å². The normalized spacial score (nSPS) is 12.7. The van der Waals surface area contributed by atoms with Crippen LogP contribution in [0, 0.1) is 13.8 Å². The number of aryl methyl sites for hydroxylation is 2. The minimum Gasteiger partial charge on any atom is -0.488 e. The summed E-state index contributed by atoms with van der Waals surface area (Å²) in [5, 5.41) is 9.66. The van der Waals surface area contributed by atoms with Crippen LogP contribution in [0.15, 0.2) is 42.5 Å². The first kappa shape index (κ1) is 18.1. The van der Waals surface area contributed by atoms with Crippen LogP contribution in [0.4, 0.5) is 0 Å². The van der Waals surface area contributed by atoms with E-state index in [-0.39, 0.29) is 5.60 Å². The number of aliphatic carboxylic acids is 1. The standard InChI is InChI=1S/C21H26O3/c1-14-6-11-18(15(2)12-14)19(20(22)23)13-16-7-9-17(10-8-16)24-21(3,4)5/h6-12,19H,13H2,1-5H3,(H,22,23). The van der Waals surface area contributed by atoms with E-state index in [1.165, 1.54) is 0 Å². The third kappa shape index (κ3) is 4.85. The van der Waals surface area contributed by atoms with E-state index in [0.29, 0.717) is 6.42 Å². The lowest BCUT2D eigenvalue weighted by molar-refractivity contribution is -0.138. The van der Waals surface area contributed by atoms with Gasteiger partial charge in [0, 0.05) is 0 Å². The number of ether oxygens (including phenoxy) is 1. The van der Waals surface area contributed by atoms with Crippen molar-refractivity contribution in [1.29, 1.82) is 0 Å². The lowest BCUT2D eigenvalue weighted by Gasteiger charge is -2.21. The van der Waals surface area contributed by atoms with Gasteiger partial charge in [0.15, 0.2) is 0 Å². The van der Waals surface area contributed by atoms with E-state index in [2.05, 4.69) is 0 Å². The van der Waals surface area contributed by atoms with Crippen molar-refractivity contribution in [2.75, 3.05) is 0 Å². The van der Waals surface area contributed by atoms with Crippen LogP contribution in [0.5, 0.6) is 5.75 Å². The molecule has 0 aromatic heterocycles. The second kappa shape index (κ2) is 7.08. The third-order valence-electron chi connectivity index (χ3n) is 3.89. The van der Waals surface area contributed by atoms with Crippen LogP contribution in [-0.4, -0.2) is 16.7 Å². The molecule has 0 heterocycles. The molecular formula is C21H26O3. The van der Waals surface area contributed by atoms with E-state index < -0.39 is 11.9 Å². The van der Waals surface area contributed by atoms with Crippen molar-refractivity contribution < 1.29 is 14.6 Å². The summed E-state index contributed by atoms with van der Waals surface area (Å²) in [6.07, 6.45) is 0.467. The van der Waals surface area contributed by atoms with E-state index in [1.54, 1.807) is 0 Å². The van der Waals surface area contributed by atoms with Gasteiger partial charge in [-0.15, -0.1) is 0 Å². The quantitative estimate of drug-likeness (QED) is 0.851. The van der Waals surface area contributed by atoms with Crippen molar-refractivity contribution in [2.24, 2.45) is 0 Å². The second-order valence-electron chi connectivity index (χ2n) is 7.31. The highest BCUT2D eigenvalue weighted by Gasteiger charge is 2.22. The molecule has 0 aliphatic rings. The van der Waals surface area contributed by atoms with Gasteiger partial charge in [0.1, 0.15) is 11.4 Å². The molecule has 24 heavy (non-hydrogen) atoms. The molecule has 0 amide bonds. The highest BCUT2D eigenvalue weighted by Crippen LogP contribution is 2.27. The van der Waals surface area contributed by atoms with Crippen molar-refractivity contribution in [3.05, 3.63) is 64.7 Å². The highest BCUT2D eigenvalue weighted by atomic mass is 16.5. The molecule has 0 aliphatic heterocycles. The van der Waals surface area contributed by atoms with Crippen molar-refractivity contribution in [1.82, 2.24) is 0 Å². The van der Waals surface area contributed by atoms with E-state index in [0.717, 1.165) is 28.0 Å². The maximum absolute atomic E-state index is 11.8. The summed E-state index contributed by atoms with van der Waals surface area (Å²) in [6.45, 7) is 9.99. The minimum atomic E-state index is -0.794. The number of hydrogen-bond donors (Lipinski definition) is 1. The predicted octanol–water partition coefficient (Wildman–Crippen LogP) is 4.89. The first-order chi connectivity index (χ1) is 11.2. The number of carboxylic acid groups (broad SMARTS) is 1. The summed E-state index contributed by atoms with van der Waals surface area (Å²) in [5.74, 6) is -0.540. The van der Waals surface area contributed by atoms with Crippen molar-refractivity contribution >= 4 is 5.97 Å². The zero-order valence-electron chi connectivity index (χ0n) is 15.1. The number of carbonyl (C=O) groups is 1. The Morgan fingerprint density at radius 2 is 1.71 bits per heavy atom. The van der Waals surface area contributed by atoms with Gasteiger partial charge in [-0.2, -0.15) is 0 Å². The first-order valence-electron chi connectivity index (χ1n) is 8.23.